The average Bonchev–Trinajstić information content (AvgIpc) is 3.26. The number of aliphatic hydroxyl groups is 2. The van der Waals surface area contributed by atoms with Gasteiger partial charge in [-0.1, -0.05) is 128 Å². The van der Waals surface area contributed by atoms with E-state index in [4.69, 9.17) is 13.8 Å². The highest BCUT2D eigenvalue weighted by Crippen LogP contribution is 2.41. The Morgan fingerprint density at radius 1 is 0.464 bits per heavy atom. The molecule has 0 aromatic heterocycles. The van der Waals surface area contributed by atoms with Crippen molar-refractivity contribution in [2.45, 2.75) is 236 Å². The van der Waals surface area contributed by atoms with Gasteiger partial charge in [-0.05, 0) is 212 Å². The largest absolute Gasteiger partial charge is 0.756 e. The van der Waals surface area contributed by atoms with Gasteiger partial charge in [0.15, 0.2) is 6.29 Å². The summed E-state index contributed by atoms with van der Waals surface area (Å²) in [5.41, 5.74) is 19.4. The fourth-order valence-corrected chi connectivity index (χ4v) is 8.66. The van der Waals surface area contributed by atoms with Gasteiger partial charge in [0.05, 0.1) is 6.61 Å². The summed E-state index contributed by atoms with van der Waals surface area (Å²) in [5.74, 6) is 0. The van der Waals surface area contributed by atoms with Crippen LogP contribution in [0.15, 0.2) is 128 Å². The van der Waals surface area contributed by atoms with E-state index < -0.39 is 32.4 Å². The molecule has 69 heavy (non-hydrogen) atoms. The average molecular weight is 978 g/mol. The van der Waals surface area contributed by atoms with Crippen LogP contribution in [-0.4, -0.2) is 48.0 Å². The van der Waals surface area contributed by atoms with E-state index in [1.165, 1.54) is 68.6 Å². The molecule has 1 saturated heterocycles. The Morgan fingerprint density at radius 2 is 0.710 bits per heavy atom. The Hall–Kier alpha value is -2.91. The summed E-state index contributed by atoms with van der Waals surface area (Å²) in [4.78, 5) is 12.2. The lowest BCUT2D eigenvalue weighted by molar-refractivity contribution is -0.468. The first-order valence-corrected chi connectivity index (χ1v) is 27.8. The van der Waals surface area contributed by atoms with Crippen LogP contribution < -0.4 is 10.6 Å². The molecule has 1 rings (SSSR count). The normalized spacial score (nSPS) is 21.0. The lowest BCUT2D eigenvalue weighted by Crippen LogP contribution is -2.74. The second-order valence-electron chi connectivity index (χ2n) is 20.5. The van der Waals surface area contributed by atoms with Crippen molar-refractivity contribution in [2.75, 3.05) is 13.2 Å². The molecule has 1 aliphatic rings. The summed E-state index contributed by atoms with van der Waals surface area (Å²) in [7, 11) is -4.74. The van der Waals surface area contributed by atoms with E-state index in [0.29, 0.717) is 0 Å². The second kappa shape index (κ2) is 37.8. The van der Waals surface area contributed by atoms with Crippen LogP contribution in [0.1, 0.15) is 212 Å². The summed E-state index contributed by atoms with van der Waals surface area (Å²) in [6, 6.07) is -0.577. The minimum atomic E-state index is -4.74. The van der Waals surface area contributed by atoms with Gasteiger partial charge in [-0.25, -0.2) is 0 Å². The molecule has 9 heteroatoms. The quantitative estimate of drug-likeness (QED) is 0.0425. The fourth-order valence-electron chi connectivity index (χ4n) is 7.90. The number of phosphoric ester groups is 1. The van der Waals surface area contributed by atoms with E-state index in [2.05, 4.69) is 143 Å². The maximum absolute atomic E-state index is 12.2. The summed E-state index contributed by atoms with van der Waals surface area (Å²) in [6.07, 6.45) is 43.3. The number of phosphoric acid groups is 1. The number of ether oxygens (including phenoxy) is 1. The fraction of sp³-hybridized carbons (Fsp3) is 0.633. The number of hydrogen-bond donors (Lipinski definition) is 3. The molecule has 0 saturated carbocycles. The van der Waals surface area contributed by atoms with Gasteiger partial charge in [0.1, 0.15) is 24.9 Å². The van der Waals surface area contributed by atoms with Crippen LogP contribution in [0.3, 0.4) is 0 Å². The maximum atomic E-state index is 12.2. The summed E-state index contributed by atoms with van der Waals surface area (Å²) in [5, 5.41) is 19.9. The van der Waals surface area contributed by atoms with Crippen molar-refractivity contribution >= 4 is 7.82 Å². The zero-order chi connectivity index (χ0) is 51.6. The molecule has 1 aliphatic heterocycles. The maximum Gasteiger partial charge on any atom is 0.270 e. The number of hydrogen-bond acceptors (Lipinski definition) is 7. The Morgan fingerprint density at radius 3 is 0.971 bits per heavy atom. The lowest BCUT2D eigenvalue weighted by Gasteiger charge is -2.36. The molecule has 1 unspecified atom stereocenters. The Kier molecular flexibility index (Phi) is 35.1. The van der Waals surface area contributed by atoms with Crippen molar-refractivity contribution in [2.24, 2.45) is 0 Å². The number of allylic oxidation sites excluding steroid dienone is 21. The van der Waals surface area contributed by atoms with Crippen molar-refractivity contribution in [1.29, 1.82) is 0 Å². The zero-order valence-corrected chi connectivity index (χ0v) is 46.7. The predicted octanol–water partition coefficient (Wildman–Crippen LogP) is 15.4. The zero-order valence-electron chi connectivity index (χ0n) is 45.8. The highest BCUT2D eigenvalue weighted by Gasteiger charge is 2.41. The molecule has 0 aliphatic carbocycles. The summed E-state index contributed by atoms with van der Waals surface area (Å²) in [6.45, 7) is 26.4. The molecule has 5 N–H and O–H groups in total. The second-order valence-corrected chi connectivity index (χ2v) is 21.8. The number of aliphatic hydroxyl groups excluding tert-OH is 2. The SMILES string of the molecule is CC(C)=CCC/C(C)=C/CC/C(C)=C/CC/C(C)=C\CC/C(C)=C\CC/C(C)=C\CC/C(C)=C\CC/C(C)=C\CC/C(C)=C\CC/C(C)=C\CC/C(C)=C\COP(=O)([O-])O[C@@H]1OC[C@H]([NH3+])[C@H](O)[C@H]1O. The first-order chi connectivity index (χ1) is 32.7. The molecule has 392 valence electrons. The van der Waals surface area contributed by atoms with E-state index in [-0.39, 0.29) is 13.2 Å². The van der Waals surface area contributed by atoms with Crippen LogP contribution in [0.2, 0.25) is 0 Å². The van der Waals surface area contributed by atoms with Gasteiger partial charge in [0.2, 0.25) is 0 Å². The molecular weight excluding hydrogens is 878 g/mol. The van der Waals surface area contributed by atoms with Gasteiger partial charge in [-0.2, -0.15) is 0 Å². The molecule has 0 bridgehead atoms. The minimum absolute atomic E-state index is 0.0329. The van der Waals surface area contributed by atoms with Gasteiger partial charge < -0.3 is 30.1 Å². The van der Waals surface area contributed by atoms with E-state index >= 15 is 0 Å². The van der Waals surface area contributed by atoms with E-state index in [1.54, 1.807) is 6.08 Å². The first kappa shape index (κ1) is 64.1. The van der Waals surface area contributed by atoms with E-state index in [9.17, 15) is 19.7 Å². The van der Waals surface area contributed by atoms with Crippen LogP contribution in [-0.2, 0) is 18.3 Å². The van der Waals surface area contributed by atoms with Crippen LogP contribution in [0.25, 0.3) is 0 Å². The third-order valence-electron chi connectivity index (χ3n) is 12.9. The van der Waals surface area contributed by atoms with Gasteiger partial charge in [-0.15, -0.1) is 0 Å². The van der Waals surface area contributed by atoms with Crippen molar-refractivity contribution in [3.05, 3.63) is 128 Å². The van der Waals surface area contributed by atoms with Crippen molar-refractivity contribution in [3.63, 3.8) is 0 Å². The molecule has 0 aromatic rings. The highest BCUT2D eigenvalue weighted by molar-refractivity contribution is 7.45. The Bertz CT molecular complexity index is 1880. The van der Waals surface area contributed by atoms with Crippen molar-refractivity contribution in [3.8, 4) is 0 Å². The molecule has 0 amide bonds. The van der Waals surface area contributed by atoms with Crippen molar-refractivity contribution in [1.82, 2.24) is 0 Å². The molecular formula is C60H100NO7P. The lowest BCUT2D eigenvalue weighted by atomic mass is 10.0. The Labute approximate surface area is 422 Å². The number of rotatable bonds is 35. The molecule has 1 heterocycles. The summed E-state index contributed by atoms with van der Waals surface area (Å²) >= 11 is 0. The molecule has 5 atom stereocenters. The molecule has 1 fully saturated rings. The molecule has 8 nitrogen and oxygen atoms in total. The van der Waals surface area contributed by atoms with Crippen LogP contribution >= 0.6 is 7.82 Å². The van der Waals surface area contributed by atoms with Crippen LogP contribution in [0, 0.1) is 0 Å². The standard InChI is InChI=1S/C60H100NO7P/c1-46(2)23-13-24-47(3)25-14-26-48(4)27-15-28-49(5)29-16-30-50(6)31-17-32-51(7)33-18-34-52(8)35-19-36-53(9)37-20-38-54(10)39-21-40-55(11)41-22-42-56(12)43-44-67-69(64,65)68-60-59(63)58(62)57(61)45-66-60/h23,25,27,29,31,33,35,37,39,41,43,57-60,62-63H,13-22,24,26,28,30,32,34,36,38,40,42,44-45,61H2,1-12H3,(H,64,65)/b47-25+,48-27+,49-29-,50-31-,51-33-,52-35-,53-37-,54-39-,55-41-,56-43-/t57-,58-,59+,60-/m0/s1. The first-order valence-electron chi connectivity index (χ1n) is 26.3. The monoisotopic (exact) mass is 978 g/mol. The van der Waals surface area contributed by atoms with Gasteiger partial charge in [0, 0.05) is 0 Å². The van der Waals surface area contributed by atoms with Crippen molar-refractivity contribution < 1.29 is 39.2 Å². The third kappa shape index (κ3) is 35.0. The predicted molar refractivity (Wildman–Crippen MR) is 292 cm³/mol. The Balaban J connectivity index is 2.24. The van der Waals surface area contributed by atoms with Gasteiger partial charge >= 0.3 is 0 Å². The third-order valence-corrected chi connectivity index (χ3v) is 13.8. The minimum Gasteiger partial charge on any atom is -0.756 e. The highest BCUT2D eigenvalue weighted by atomic mass is 31.2. The van der Waals surface area contributed by atoms with Crippen LogP contribution in [0.5, 0.6) is 0 Å². The summed E-state index contributed by atoms with van der Waals surface area (Å²) < 4.78 is 27.1. The molecule has 0 spiro atoms. The number of quaternary nitrogens is 1. The molecule has 0 radical (unpaired) electrons. The van der Waals surface area contributed by atoms with Crippen LogP contribution in [0.4, 0.5) is 0 Å². The van der Waals surface area contributed by atoms with Gasteiger partial charge in [0.25, 0.3) is 7.82 Å². The topological polar surface area (TPSA) is 136 Å². The molecule has 0 aromatic carbocycles. The van der Waals surface area contributed by atoms with E-state index in [0.717, 1.165) is 121 Å². The van der Waals surface area contributed by atoms with Gasteiger partial charge in [-0.3, -0.25) is 9.09 Å². The smallest absolute Gasteiger partial charge is 0.270 e. The van der Waals surface area contributed by atoms with E-state index in [1.807, 2.05) is 6.92 Å².